The van der Waals surface area contributed by atoms with Crippen molar-refractivity contribution in [2.45, 2.75) is 4.21 Å². The van der Waals surface area contributed by atoms with Crippen LogP contribution in [0.25, 0.3) is 10.3 Å². The van der Waals surface area contributed by atoms with Gasteiger partial charge in [-0.15, -0.1) is 24.0 Å². The third-order valence-electron chi connectivity index (χ3n) is 1.35. The molecule has 0 saturated carbocycles. The van der Waals surface area contributed by atoms with Crippen molar-refractivity contribution in [1.82, 2.24) is 9.97 Å². The molecule has 2 heterocycles. The summed E-state index contributed by atoms with van der Waals surface area (Å²) in [5.74, 6) is 0. The van der Waals surface area contributed by atoms with Crippen LogP contribution < -0.4 is 35.0 Å². The molecular formula is C7H5N2NaOS2. The summed E-state index contributed by atoms with van der Waals surface area (Å²) in [6.45, 7) is 0. The van der Waals surface area contributed by atoms with E-state index in [0.29, 0.717) is 14.6 Å². The summed E-state index contributed by atoms with van der Waals surface area (Å²) in [6, 6.07) is 1.45. The molecule has 2 rings (SSSR count). The summed E-state index contributed by atoms with van der Waals surface area (Å²) in [5, 5.41) is 0. The molecule has 62 valence electrons. The third-order valence-corrected chi connectivity index (χ3v) is 2.58. The van der Waals surface area contributed by atoms with E-state index < -0.39 is 0 Å². The average molecular weight is 220 g/mol. The van der Waals surface area contributed by atoms with Gasteiger partial charge < -0.3 is 1.43 Å². The van der Waals surface area contributed by atoms with Crippen molar-refractivity contribution in [2.24, 2.45) is 0 Å². The summed E-state index contributed by atoms with van der Waals surface area (Å²) in [6.07, 6.45) is 3.07. The molecule has 6 heteroatoms. The molecule has 0 N–H and O–H groups in total. The Morgan fingerprint density at radius 2 is 2.08 bits per heavy atom. The first-order valence-electron chi connectivity index (χ1n) is 3.21. The van der Waals surface area contributed by atoms with Crippen molar-refractivity contribution in [3.8, 4) is 0 Å². The minimum atomic E-state index is -0.123. The minimum Gasteiger partial charge on any atom is -1.00 e. The predicted molar refractivity (Wildman–Crippen MR) is 52.0 cm³/mol. The molecule has 0 bridgehead atoms. The topological polar surface area (TPSA) is 42.9 Å². The Morgan fingerprint density at radius 1 is 1.38 bits per heavy atom. The van der Waals surface area contributed by atoms with Crippen molar-refractivity contribution < 1.29 is 31.0 Å². The standard InChI is InChI=1S/C7H4N2OS2.Na.H/c10-4-3-5(11)12-7-6(4)8-1-2-9-7;;/h1-3,11H;;/q;+1;-1. The molecule has 2 aromatic heterocycles. The molecule has 13 heavy (non-hydrogen) atoms. The molecule has 0 saturated heterocycles. The van der Waals surface area contributed by atoms with Crippen molar-refractivity contribution >= 4 is 34.3 Å². The predicted octanol–water partition coefficient (Wildman–Crippen LogP) is -1.54. The first-order valence-corrected chi connectivity index (χ1v) is 4.47. The van der Waals surface area contributed by atoms with Gasteiger partial charge in [0.05, 0.1) is 4.21 Å². The van der Waals surface area contributed by atoms with Gasteiger partial charge in [0, 0.05) is 18.5 Å². The molecule has 0 unspecified atom stereocenters. The average Bonchev–Trinajstić information content (AvgIpc) is 2.04. The van der Waals surface area contributed by atoms with E-state index in [-0.39, 0.29) is 36.4 Å². The van der Waals surface area contributed by atoms with Crippen LogP contribution in [0.1, 0.15) is 1.43 Å². The quantitative estimate of drug-likeness (QED) is 0.432. The van der Waals surface area contributed by atoms with Crippen LogP contribution in [0.2, 0.25) is 0 Å². The molecule has 0 atom stereocenters. The zero-order valence-electron chi connectivity index (χ0n) is 7.89. The van der Waals surface area contributed by atoms with Crippen LogP contribution in [-0.4, -0.2) is 9.97 Å². The second-order valence-corrected chi connectivity index (χ2v) is 3.97. The molecule has 3 nitrogen and oxygen atoms in total. The number of hydrogen-bond donors (Lipinski definition) is 1. The first-order chi connectivity index (χ1) is 5.77. The fraction of sp³-hybridized carbons (Fsp3) is 0. The van der Waals surface area contributed by atoms with Crippen molar-refractivity contribution in [2.75, 3.05) is 0 Å². The van der Waals surface area contributed by atoms with E-state index in [1.54, 1.807) is 6.20 Å². The largest absolute Gasteiger partial charge is 1.00 e. The SMILES string of the molecule is O=c1cc(S)sc2nccnc12.[H-].[Na+]. The molecule has 0 amide bonds. The second kappa shape index (κ2) is 4.52. The molecule has 0 fully saturated rings. The fourth-order valence-corrected chi connectivity index (χ4v) is 1.98. The fourth-order valence-electron chi connectivity index (χ4n) is 0.878. The number of thiol groups is 1. The number of fused-ring (bicyclic) bond motifs is 1. The molecular weight excluding hydrogens is 215 g/mol. The van der Waals surface area contributed by atoms with Gasteiger partial charge in [-0.1, -0.05) is 0 Å². The summed E-state index contributed by atoms with van der Waals surface area (Å²) in [5.41, 5.74) is 0.294. The van der Waals surface area contributed by atoms with Gasteiger partial charge in [-0.2, -0.15) is 0 Å². The zero-order valence-corrected chi connectivity index (χ0v) is 10.6. The van der Waals surface area contributed by atoms with Gasteiger partial charge in [0.1, 0.15) is 10.3 Å². The van der Waals surface area contributed by atoms with E-state index in [4.69, 9.17) is 0 Å². The normalized spacial score (nSPS) is 9.62. The summed E-state index contributed by atoms with van der Waals surface area (Å²) < 4.78 is 0.660. The number of aromatic nitrogens is 2. The first kappa shape index (κ1) is 11.1. The van der Waals surface area contributed by atoms with Crippen LogP contribution in [0.15, 0.2) is 27.5 Å². The van der Waals surface area contributed by atoms with Crippen LogP contribution in [0.4, 0.5) is 0 Å². The Labute approximate surface area is 107 Å². The van der Waals surface area contributed by atoms with Crippen molar-refractivity contribution in [3.05, 3.63) is 28.7 Å². The molecule has 0 aliphatic carbocycles. The van der Waals surface area contributed by atoms with Gasteiger partial charge in [0.15, 0.2) is 0 Å². The summed E-state index contributed by atoms with van der Waals surface area (Å²) in [4.78, 5) is 19.8. The van der Waals surface area contributed by atoms with E-state index in [9.17, 15) is 4.79 Å². The Morgan fingerprint density at radius 3 is 2.85 bits per heavy atom. The molecule has 0 aromatic carbocycles. The van der Waals surface area contributed by atoms with Crippen LogP contribution in [-0.2, 0) is 0 Å². The van der Waals surface area contributed by atoms with Crippen molar-refractivity contribution in [1.29, 1.82) is 0 Å². The van der Waals surface area contributed by atoms with Crippen LogP contribution in [0.3, 0.4) is 0 Å². The van der Waals surface area contributed by atoms with Gasteiger partial charge in [-0.05, 0) is 0 Å². The maximum Gasteiger partial charge on any atom is 1.00 e. The third kappa shape index (κ3) is 2.30. The van der Waals surface area contributed by atoms with Gasteiger partial charge in [-0.3, -0.25) is 4.79 Å². The Hall–Kier alpha value is 0.0600. The molecule has 0 spiro atoms. The van der Waals surface area contributed by atoms with E-state index in [1.807, 2.05) is 0 Å². The van der Waals surface area contributed by atoms with E-state index in [0.717, 1.165) is 0 Å². The minimum absolute atomic E-state index is 0. The van der Waals surface area contributed by atoms with Crippen molar-refractivity contribution in [3.63, 3.8) is 0 Å². The molecule has 0 aliphatic heterocycles. The van der Waals surface area contributed by atoms with Crippen LogP contribution in [0, 0.1) is 0 Å². The summed E-state index contributed by atoms with van der Waals surface area (Å²) >= 11 is 5.43. The Balaban J connectivity index is 0.000000845. The maximum absolute atomic E-state index is 11.3. The van der Waals surface area contributed by atoms with E-state index in [1.165, 1.54) is 23.6 Å². The second-order valence-electron chi connectivity index (χ2n) is 2.16. The summed E-state index contributed by atoms with van der Waals surface area (Å²) in [7, 11) is 0. The smallest absolute Gasteiger partial charge is 1.00 e. The molecule has 2 aromatic rings. The number of nitrogens with zero attached hydrogens (tertiary/aromatic N) is 2. The monoisotopic (exact) mass is 220 g/mol. The molecule has 0 aliphatic rings. The number of hydrogen-bond acceptors (Lipinski definition) is 5. The Bertz CT molecular complexity index is 490. The maximum atomic E-state index is 11.3. The zero-order chi connectivity index (χ0) is 8.55. The van der Waals surface area contributed by atoms with Crippen LogP contribution >= 0.6 is 24.0 Å². The van der Waals surface area contributed by atoms with Gasteiger partial charge in [-0.25, -0.2) is 9.97 Å². The van der Waals surface area contributed by atoms with Crippen LogP contribution in [0.5, 0.6) is 0 Å². The van der Waals surface area contributed by atoms with E-state index >= 15 is 0 Å². The van der Waals surface area contributed by atoms with E-state index in [2.05, 4.69) is 22.6 Å². The van der Waals surface area contributed by atoms with Gasteiger partial charge in [0.2, 0.25) is 5.43 Å². The van der Waals surface area contributed by atoms with Gasteiger partial charge >= 0.3 is 29.6 Å². The van der Waals surface area contributed by atoms with Gasteiger partial charge in [0.25, 0.3) is 0 Å². The number of rotatable bonds is 0. The molecule has 0 radical (unpaired) electrons. The Kier molecular flexibility index (Phi) is 3.87.